The number of aryl methyl sites for hydroxylation is 3. The van der Waals surface area contributed by atoms with Gasteiger partial charge >= 0.3 is 0 Å². The lowest BCUT2D eigenvalue weighted by Crippen LogP contribution is -2.10. The lowest BCUT2D eigenvalue weighted by molar-refractivity contribution is -0.385. The number of hydrogen-bond donors (Lipinski definition) is 1. The smallest absolute Gasteiger partial charge is 0.274 e. The quantitative estimate of drug-likeness (QED) is 0.503. The molecule has 2 aromatic rings. The first-order valence-electron chi connectivity index (χ1n) is 6.98. The van der Waals surface area contributed by atoms with Gasteiger partial charge in [-0.05, 0) is 39.3 Å². The van der Waals surface area contributed by atoms with Gasteiger partial charge in [0.2, 0.25) is 0 Å². The van der Waals surface area contributed by atoms with E-state index in [1.54, 1.807) is 13.0 Å². The minimum Gasteiger partial charge on any atom is -0.385 e. The summed E-state index contributed by atoms with van der Waals surface area (Å²) in [5.41, 5.74) is 3.82. The van der Waals surface area contributed by atoms with Gasteiger partial charge in [-0.1, -0.05) is 6.07 Å². The summed E-state index contributed by atoms with van der Waals surface area (Å²) in [6.07, 6.45) is 0.907. The second-order valence-corrected chi connectivity index (χ2v) is 5.14. The molecule has 1 aromatic carbocycles. The normalized spacial score (nSPS) is 10.6. The van der Waals surface area contributed by atoms with Crippen molar-refractivity contribution in [3.05, 3.63) is 51.3 Å². The summed E-state index contributed by atoms with van der Waals surface area (Å²) in [6, 6.07) is 7.15. The average Bonchev–Trinajstić information content (AvgIpc) is 2.74. The summed E-state index contributed by atoms with van der Waals surface area (Å²) < 4.78 is 1.98. The highest BCUT2D eigenvalue weighted by Crippen LogP contribution is 2.24. The highest BCUT2D eigenvalue weighted by molar-refractivity contribution is 5.59. The Bertz CT molecular complexity index is 649. The number of nitro groups is 1. The zero-order valence-electron chi connectivity index (χ0n) is 12.6. The van der Waals surface area contributed by atoms with Crippen LogP contribution in [0.25, 0.3) is 0 Å². The molecular formula is C15H20N4O2. The Morgan fingerprint density at radius 3 is 2.71 bits per heavy atom. The third-order valence-corrected chi connectivity index (χ3v) is 3.47. The zero-order valence-corrected chi connectivity index (χ0v) is 12.6. The predicted molar refractivity (Wildman–Crippen MR) is 82.6 cm³/mol. The van der Waals surface area contributed by atoms with Crippen molar-refractivity contribution in [2.45, 2.75) is 33.7 Å². The van der Waals surface area contributed by atoms with Gasteiger partial charge in [-0.2, -0.15) is 5.10 Å². The Hall–Kier alpha value is -2.37. The molecule has 0 saturated carbocycles. The van der Waals surface area contributed by atoms with E-state index in [1.165, 1.54) is 6.07 Å². The number of hydrogen-bond acceptors (Lipinski definition) is 4. The van der Waals surface area contributed by atoms with Crippen LogP contribution in [0.5, 0.6) is 0 Å². The van der Waals surface area contributed by atoms with E-state index in [9.17, 15) is 10.1 Å². The molecule has 0 aliphatic heterocycles. The Labute approximate surface area is 123 Å². The van der Waals surface area contributed by atoms with Gasteiger partial charge in [-0.25, -0.2) is 0 Å². The van der Waals surface area contributed by atoms with Crippen molar-refractivity contribution in [2.75, 3.05) is 11.9 Å². The summed E-state index contributed by atoms with van der Waals surface area (Å²) in [5.74, 6) is 0. The van der Waals surface area contributed by atoms with Gasteiger partial charge in [0.25, 0.3) is 5.69 Å². The minimum atomic E-state index is -0.351. The van der Waals surface area contributed by atoms with Gasteiger partial charge in [-0.3, -0.25) is 14.8 Å². The van der Waals surface area contributed by atoms with Crippen LogP contribution in [0.3, 0.4) is 0 Å². The molecule has 1 N–H and O–H groups in total. The molecule has 1 aromatic heterocycles. The molecule has 6 heteroatoms. The van der Waals surface area contributed by atoms with Crippen LogP contribution < -0.4 is 5.32 Å². The van der Waals surface area contributed by atoms with Gasteiger partial charge in [-0.15, -0.1) is 0 Å². The highest BCUT2D eigenvalue weighted by atomic mass is 16.6. The van der Waals surface area contributed by atoms with E-state index in [2.05, 4.69) is 16.5 Å². The van der Waals surface area contributed by atoms with Crippen molar-refractivity contribution in [1.29, 1.82) is 0 Å². The van der Waals surface area contributed by atoms with Crippen LogP contribution in [0.15, 0.2) is 24.3 Å². The van der Waals surface area contributed by atoms with Gasteiger partial charge in [0.1, 0.15) is 0 Å². The molecule has 0 spiro atoms. The maximum Gasteiger partial charge on any atom is 0.274 e. The highest BCUT2D eigenvalue weighted by Gasteiger charge is 2.12. The molecule has 0 fully saturated rings. The van der Waals surface area contributed by atoms with Crippen molar-refractivity contribution in [3.8, 4) is 0 Å². The number of nitrogens with zero attached hydrogens (tertiary/aromatic N) is 3. The lowest BCUT2D eigenvalue weighted by Gasteiger charge is -2.10. The van der Waals surface area contributed by atoms with Gasteiger partial charge in [0.05, 0.1) is 10.6 Å². The van der Waals surface area contributed by atoms with Crippen LogP contribution in [0, 0.1) is 30.9 Å². The Kier molecular flexibility index (Phi) is 4.57. The second kappa shape index (κ2) is 6.39. The van der Waals surface area contributed by atoms with Gasteiger partial charge in [0, 0.05) is 36.1 Å². The number of aromatic nitrogens is 2. The molecule has 0 bridgehead atoms. The van der Waals surface area contributed by atoms with E-state index in [-0.39, 0.29) is 10.6 Å². The molecule has 1 heterocycles. The summed E-state index contributed by atoms with van der Waals surface area (Å²) in [5, 5.41) is 18.6. The molecule has 0 atom stereocenters. The van der Waals surface area contributed by atoms with Crippen LogP contribution in [-0.2, 0) is 6.54 Å². The van der Waals surface area contributed by atoms with E-state index >= 15 is 0 Å². The number of nitro benzene ring substituents is 1. The summed E-state index contributed by atoms with van der Waals surface area (Å²) in [7, 11) is 0. The Morgan fingerprint density at radius 1 is 1.33 bits per heavy atom. The van der Waals surface area contributed by atoms with Crippen LogP contribution in [0.1, 0.15) is 23.4 Å². The monoisotopic (exact) mass is 288 g/mol. The summed E-state index contributed by atoms with van der Waals surface area (Å²) in [6.45, 7) is 7.37. The first-order chi connectivity index (χ1) is 9.99. The SMILES string of the molecule is Cc1cc(C)n(CCCNc2cccc([N+](=O)[O-])c2C)n1. The third kappa shape index (κ3) is 3.59. The Balaban J connectivity index is 1.91. The summed E-state index contributed by atoms with van der Waals surface area (Å²) in [4.78, 5) is 10.5. The number of nitrogens with one attached hydrogen (secondary N) is 1. The maximum absolute atomic E-state index is 10.9. The maximum atomic E-state index is 10.9. The molecule has 0 amide bonds. The number of rotatable bonds is 6. The second-order valence-electron chi connectivity index (χ2n) is 5.14. The first kappa shape index (κ1) is 15.0. The molecule has 0 aliphatic rings. The van der Waals surface area contributed by atoms with Crippen LogP contribution in [0.2, 0.25) is 0 Å². The summed E-state index contributed by atoms with van der Waals surface area (Å²) >= 11 is 0. The largest absolute Gasteiger partial charge is 0.385 e. The van der Waals surface area contributed by atoms with Crippen molar-refractivity contribution in [1.82, 2.24) is 9.78 Å². The topological polar surface area (TPSA) is 73.0 Å². The average molecular weight is 288 g/mol. The molecule has 0 unspecified atom stereocenters. The van der Waals surface area contributed by atoms with Crippen molar-refractivity contribution in [2.24, 2.45) is 0 Å². The standard InChI is InChI=1S/C15H20N4O2/c1-11-10-12(2)18(17-11)9-5-8-16-14-6-4-7-15(13(14)3)19(20)21/h4,6-7,10,16H,5,8-9H2,1-3H3. The predicted octanol–water partition coefficient (Wildman–Crippen LogP) is 3.22. The van der Waals surface area contributed by atoms with Crippen molar-refractivity contribution >= 4 is 11.4 Å². The number of anilines is 1. The van der Waals surface area contributed by atoms with Crippen LogP contribution >= 0.6 is 0 Å². The van der Waals surface area contributed by atoms with E-state index in [0.717, 1.165) is 36.6 Å². The molecule has 0 saturated heterocycles. The van der Waals surface area contributed by atoms with Crippen LogP contribution in [-0.4, -0.2) is 21.2 Å². The molecular weight excluding hydrogens is 268 g/mol. The molecule has 2 rings (SSSR count). The van der Waals surface area contributed by atoms with Gasteiger partial charge in [0.15, 0.2) is 0 Å². The van der Waals surface area contributed by atoms with Crippen molar-refractivity contribution in [3.63, 3.8) is 0 Å². The lowest BCUT2D eigenvalue weighted by atomic mass is 10.1. The fourth-order valence-corrected chi connectivity index (χ4v) is 2.37. The molecule has 112 valence electrons. The van der Waals surface area contributed by atoms with E-state index in [1.807, 2.05) is 24.6 Å². The third-order valence-electron chi connectivity index (χ3n) is 3.47. The zero-order chi connectivity index (χ0) is 15.4. The molecule has 0 aliphatic carbocycles. The molecule has 6 nitrogen and oxygen atoms in total. The van der Waals surface area contributed by atoms with Crippen LogP contribution in [0.4, 0.5) is 11.4 Å². The first-order valence-corrected chi connectivity index (χ1v) is 6.98. The van der Waals surface area contributed by atoms with Gasteiger partial charge < -0.3 is 5.32 Å². The fourth-order valence-electron chi connectivity index (χ4n) is 2.37. The minimum absolute atomic E-state index is 0.151. The Morgan fingerprint density at radius 2 is 2.10 bits per heavy atom. The molecule has 21 heavy (non-hydrogen) atoms. The fraction of sp³-hybridized carbons (Fsp3) is 0.400. The van der Waals surface area contributed by atoms with E-state index in [4.69, 9.17) is 0 Å². The molecule has 0 radical (unpaired) electrons. The number of benzene rings is 1. The van der Waals surface area contributed by atoms with E-state index < -0.39 is 0 Å². The van der Waals surface area contributed by atoms with E-state index in [0.29, 0.717) is 5.56 Å². The van der Waals surface area contributed by atoms with Crippen molar-refractivity contribution < 1.29 is 4.92 Å².